The van der Waals surface area contributed by atoms with Crippen LogP contribution in [0.15, 0.2) is 40.4 Å². The predicted molar refractivity (Wildman–Crippen MR) is 106 cm³/mol. The van der Waals surface area contributed by atoms with Crippen LogP contribution in [0.1, 0.15) is 42.7 Å². The molecule has 0 aliphatic carbocycles. The van der Waals surface area contributed by atoms with Crippen LogP contribution in [-0.2, 0) is 0 Å². The van der Waals surface area contributed by atoms with Crippen molar-refractivity contribution >= 4 is 23.2 Å². The number of thioether (sulfide) groups is 1. The number of carbonyl (C=O) groups excluding carboxylic acids is 1. The van der Waals surface area contributed by atoms with Gasteiger partial charge in [0.2, 0.25) is 11.7 Å². The molecular weight excluding hydrogens is 392 g/mol. The molecule has 0 spiro atoms. The van der Waals surface area contributed by atoms with Gasteiger partial charge in [-0.3, -0.25) is 14.3 Å². The fraction of sp³-hybridized carbons (Fsp3) is 0.333. The fourth-order valence-corrected chi connectivity index (χ4v) is 3.56. The maximum atomic E-state index is 13.1. The zero-order valence-electron chi connectivity index (χ0n) is 16.2. The summed E-state index contributed by atoms with van der Waals surface area (Å²) in [5.74, 6) is 1.00. The molecular formula is C18H20N8O2S. The van der Waals surface area contributed by atoms with Crippen LogP contribution in [0, 0.1) is 5.92 Å². The number of aromatic amines is 1. The van der Waals surface area contributed by atoms with Gasteiger partial charge >= 0.3 is 0 Å². The molecule has 0 aromatic carbocycles. The molecule has 4 rings (SSSR count). The first-order chi connectivity index (χ1) is 14.1. The van der Waals surface area contributed by atoms with Gasteiger partial charge in [0.1, 0.15) is 12.4 Å². The van der Waals surface area contributed by atoms with Crippen LogP contribution >= 0.6 is 11.8 Å². The number of hydrogen-bond acceptors (Lipinski definition) is 8. The highest BCUT2D eigenvalue weighted by Crippen LogP contribution is 2.24. The van der Waals surface area contributed by atoms with Gasteiger partial charge in [0, 0.05) is 6.20 Å². The monoisotopic (exact) mass is 412 g/mol. The minimum absolute atomic E-state index is 0.289. The standard InChI is InChI=1S/C18H20N8O2S/c1-10(2)8-11(17-23-15(25-28-17)14-19-9-20-24-14)21-16(27)13-12-6-4-5-7-26(12)18(22-13)29-3/h4-7,9-11H,8H2,1-3H3,(H,21,27)(H,19,20,24)/t11-/m0/s1. The Balaban J connectivity index is 1.63. The summed E-state index contributed by atoms with van der Waals surface area (Å²) in [6.45, 7) is 4.12. The summed E-state index contributed by atoms with van der Waals surface area (Å²) in [7, 11) is 0. The number of carbonyl (C=O) groups is 1. The molecule has 2 N–H and O–H groups in total. The van der Waals surface area contributed by atoms with Crippen molar-refractivity contribution in [2.75, 3.05) is 6.26 Å². The number of amides is 1. The van der Waals surface area contributed by atoms with E-state index in [-0.39, 0.29) is 11.7 Å². The third-order valence-corrected chi connectivity index (χ3v) is 4.95. The molecule has 0 saturated carbocycles. The minimum Gasteiger partial charge on any atom is -0.339 e. The SMILES string of the molecule is CSc1nc(C(=O)N[C@@H](CC(C)C)c2nc(-c3ncn[nH]3)no2)c2ccccn12. The van der Waals surface area contributed by atoms with Crippen molar-refractivity contribution in [3.8, 4) is 11.6 Å². The average molecular weight is 412 g/mol. The second kappa shape index (κ2) is 8.03. The van der Waals surface area contributed by atoms with Crippen LogP contribution in [0.2, 0.25) is 0 Å². The second-order valence-electron chi connectivity index (χ2n) is 6.85. The van der Waals surface area contributed by atoms with E-state index < -0.39 is 6.04 Å². The number of H-pyrrole nitrogens is 1. The fourth-order valence-electron chi connectivity index (χ4n) is 3.03. The Hall–Kier alpha value is -3.21. The molecule has 0 unspecified atom stereocenters. The highest BCUT2D eigenvalue weighted by atomic mass is 32.2. The maximum absolute atomic E-state index is 13.1. The topological polar surface area (TPSA) is 127 Å². The molecule has 0 bridgehead atoms. The summed E-state index contributed by atoms with van der Waals surface area (Å²) in [5, 5.41) is 14.2. The Morgan fingerprint density at radius 1 is 1.34 bits per heavy atom. The lowest BCUT2D eigenvalue weighted by atomic mass is 10.0. The highest BCUT2D eigenvalue weighted by Gasteiger charge is 2.26. The van der Waals surface area contributed by atoms with Crippen LogP contribution in [0.3, 0.4) is 0 Å². The molecule has 10 nitrogen and oxygen atoms in total. The number of hydrogen-bond donors (Lipinski definition) is 2. The molecule has 0 saturated heterocycles. The Kier molecular flexibility index (Phi) is 5.30. The predicted octanol–water partition coefficient (Wildman–Crippen LogP) is 2.74. The average Bonchev–Trinajstić information content (AvgIpc) is 3.45. The largest absolute Gasteiger partial charge is 0.339 e. The molecule has 0 fully saturated rings. The first-order valence-corrected chi connectivity index (χ1v) is 10.3. The van der Waals surface area contributed by atoms with Crippen molar-refractivity contribution < 1.29 is 9.32 Å². The van der Waals surface area contributed by atoms with E-state index in [4.69, 9.17) is 4.52 Å². The quantitative estimate of drug-likeness (QED) is 0.444. The molecule has 4 aromatic rings. The van der Waals surface area contributed by atoms with E-state index in [0.29, 0.717) is 29.7 Å². The summed E-state index contributed by atoms with van der Waals surface area (Å²) in [6, 6.07) is 5.20. The molecule has 1 atom stereocenters. The Bertz CT molecular complexity index is 1120. The van der Waals surface area contributed by atoms with Crippen molar-refractivity contribution in [3.63, 3.8) is 0 Å². The molecule has 1 amide bonds. The Morgan fingerprint density at radius 3 is 2.93 bits per heavy atom. The molecule has 4 aromatic heterocycles. The third-order valence-electron chi connectivity index (χ3n) is 4.29. The van der Waals surface area contributed by atoms with Gasteiger partial charge in [0.25, 0.3) is 5.91 Å². The van der Waals surface area contributed by atoms with E-state index in [2.05, 4.69) is 49.5 Å². The van der Waals surface area contributed by atoms with Crippen LogP contribution in [0.25, 0.3) is 17.2 Å². The normalized spacial score (nSPS) is 12.6. The van der Waals surface area contributed by atoms with Gasteiger partial charge in [-0.05, 0) is 30.7 Å². The van der Waals surface area contributed by atoms with Crippen molar-refractivity contribution in [1.82, 2.24) is 40.0 Å². The first kappa shape index (κ1) is 19.1. The number of fused-ring (bicyclic) bond motifs is 1. The lowest BCUT2D eigenvalue weighted by Crippen LogP contribution is -2.30. The lowest BCUT2D eigenvalue weighted by molar-refractivity contribution is 0.0919. The van der Waals surface area contributed by atoms with Gasteiger partial charge < -0.3 is 9.84 Å². The van der Waals surface area contributed by atoms with E-state index in [1.54, 1.807) is 0 Å². The maximum Gasteiger partial charge on any atom is 0.272 e. The van der Waals surface area contributed by atoms with E-state index in [0.717, 1.165) is 10.7 Å². The van der Waals surface area contributed by atoms with Crippen molar-refractivity contribution in [1.29, 1.82) is 0 Å². The summed E-state index contributed by atoms with van der Waals surface area (Å²) < 4.78 is 7.30. The third kappa shape index (κ3) is 3.86. The number of rotatable bonds is 7. The van der Waals surface area contributed by atoms with E-state index in [1.807, 2.05) is 35.1 Å². The van der Waals surface area contributed by atoms with Crippen molar-refractivity contribution in [2.45, 2.75) is 31.5 Å². The number of aromatic nitrogens is 7. The molecule has 0 radical (unpaired) electrons. The summed E-state index contributed by atoms with van der Waals surface area (Å²) in [4.78, 5) is 26.0. The molecule has 4 heterocycles. The highest BCUT2D eigenvalue weighted by molar-refractivity contribution is 7.98. The zero-order chi connectivity index (χ0) is 20.4. The van der Waals surface area contributed by atoms with E-state index in [9.17, 15) is 4.79 Å². The molecule has 0 aliphatic heterocycles. The zero-order valence-corrected chi connectivity index (χ0v) is 17.0. The van der Waals surface area contributed by atoms with E-state index in [1.165, 1.54) is 18.1 Å². The first-order valence-electron chi connectivity index (χ1n) is 9.08. The number of imidazole rings is 1. The van der Waals surface area contributed by atoms with Crippen LogP contribution in [-0.4, -0.2) is 46.9 Å². The van der Waals surface area contributed by atoms with Gasteiger partial charge in [0.05, 0.1) is 5.52 Å². The molecule has 11 heteroatoms. The molecule has 150 valence electrons. The van der Waals surface area contributed by atoms with Crippen molar-refractivity contribution in [2.24, 2.45) is 5.92 Å². The second-order valence-corrected chi connectivity index (χ2v) is 7.62. The van der Waals surface area contributed by atoms with Gasteiger partial charge in [-0.15, -0.1) is 0 Å². The number of nitrogens with zero attached hydrogens (tertiary/aromatic N) is 6. The minimum atomic E-state index is -0.454. The Labute approximate surface area is 170 Å². The number of pyridine rings is 1. The van der Waals surface area contributed by atoms with Crippen LogP contribution in [0.4, 0.5) is 0 Å². The summed E-state index contributed by atoms with van der Waals surface area (Å²) in [6.07, 6.45) is 5.81. The lowest BCUT2D eigenvalue weighted by Gasteiger charge is -2.16. The number of nitrogens with one attached hydrogen (secondary N) is 2. The van der Waals surface area contributed by atoms with Crippen LogP contribution in [0.5, 0.6) is 0 Å². The smallest absolute Gasteiger partial charge is 0.272 e. The van der Waals surface area contributed by atoms with Crippen molar-refractivity contribution in [3.05, 3.63) is 42.3 Å². The molecule has 0 aliphatic rings. The van der Waals surface area contributed by atoms with Gasteiger partial charge in [-0.2, -0.15) is 10.1 Å². The van der Waals surface area contributed by atoms with Gasteiger partial charge in [-0.25, -0.2) is 9.97 Å². The van der Waals surface area contributed by atoms with E-state index >= 15 is 0 Å². The van der Waals surface area contributed by atoms with Gasteiger partial charge in [-0.1, -0.05) is 36.8 Å². The van der Waals surface area contributed by atoms with Crippen LogP contribution < -0.4 is 5.32 Å². The summed E-state index contributed by atoms with van der Waals surface area (Å²) in [5.41, 5.74) is 1.10. The summed E-state index contributed by atoms with van der Waals surface area (Å²) >= 11 is 1.48. The molecule has 29 heavy (non-hydrogen) atoms. The van der Waals surface area contributed by atoms with Gasteiger partial charge in [0.15, 0.2) is 16.7 Å². The Morgan fingerprint density at radius 2 is 2.21 bits per heavy atom.